The van der Waals surface area contributed by atoms with Crippen LogP contribution in [0, 0.1) is 0 Å². The first-order valence-electron chi connectivity index (χ1n) is 5.10. The summed E-state index contributed by atoms with van der Waals surface area (Å²) in [6.07, 6.45) is 3.46. The minimum absolute atomic E-state index is 0.00390. The second-order valence-electron chi connectivity index (χ2n) is 3.77. The van der Waals surface area contributed by atoms with Gasteiger partial charge in [-0.1, -0.05) is 0 Å². The molecule has 1 saturated heterocycles. The first-order valence-corrected chi connectivity index (χ1v) is 6.92. The van der Waals surface area contributed by atoms with Crippen LogP contribution < -0.4 is 10.6 Å². The van der Waals surface area contributed by atoms with Crippen LogP contribution in [0.25, 0.3) is 0 Å². The van der Waals surface area contributed by atoms with Crippen molar-refractivity contribution < 1.29 is 13.2 Å². The molecule has 0 unspecified atom stereocenters. The average Bonchev–Trinajstić information content (AvgIpc) is 2.59. The number of aromatic nitrogens is 2. The summed E-state index contributed by atoms with van der Waals surface area (Å²) in [5.74, 6) is 0.307. The van der Waals surface area contributed by atoms with Gasteiger partial charge in [-0.3, -0.25) is 5.32 Å². The van der Waals surface area contributed by atoms with Crippen LogP contribution >= 0.6 is 0 Å². The van der Waals surface area contributed by atoms with Gasteiger partial charge in [0.05, 0.1) is 11.5 Å². The van der Waals surface area contributed by atoms with Gasteiger partial charge in [-0.05, 0) is 12.5 Å². The topological polar surface area (TPSA) is 101 Å². The molecule has 2 heterocycles. The van der Waals surface area contributed by atoms with Crippen molar-refractivity contribution in [1.29, 1.82) is 0 Å². The molecule has 2 rings (SSSR count). The maximum atomic E-state index is 11.5. The van der Waals surface area contributed by atoms with E-state index in [1.54, 1.807) is 6.07 Å². The molecule has 1 atom stereocenters. The predicted molar refractivity (Wildman–Crippen MR) is 61.2 cm³/mol. The number of carbonyl (C=O) groups is 1. The number of sulfone groups is 1. The van der Waals surface area contributed by atoms with Crippen molar-refractivity contribution in [1.82, 2.24) is 15.3 Å². The van der Waals surface area contributed by atoms with E-state index in [-0.39, 0.29) is 23.5 Å². The van der Waals surface area contributed by atoms with Gasteiger partial charge in [-0.15, -0.1) is 0 Å². The molecule has 2 N–H and O–H groups in total. The van der Waals surface area contributed by atoms with Gasteiger partial charge >= 0.3 is 6.03 Å². The molecule has 17 heavy (non-hydrogen) atoms. The van der Waals surface area contributed by atoms with E-state index in [2.05, 4.69) is 20.6 Å². The Kier molecular flexibility index (Phi) is 3.23. The van der Waals surface area contributed by atoms with Crippen LogP contribution in [0.1, 0.15) is 6.42 Å². The lowest BCUT2D eigenvalue weighted by Gasteiger charge is -2.10. The Morgan fingerprint density at radius 2 is 2.06 bits per heavy atom. The van der Waals surface area contributed by atoms with Gasteiger partial charge in [0, 0.05) is 18.4 Å². The van der Waals surface area contributed by atoms with E-state index >= 15 is 0 Å². The lowest BCUT2D eigenvalue weighted by molar-refractivity contribution is 0.249. The van der Waals surface area contributed by atoms with Gasteiger partial charge < -0.3 is 5.32 Å². The zero-order valence-corrected chi connectivity index (χ0v) is 9.77. The third-order valence-electron chi connectivity index (χ3n) is 2.36. The SMILES string of the molecule is O=C(Nc1ncccn1)N[C@H]1CCS(=O)(=O)C1. The maximum absolute atomic E-state index is 11.5. The largest absolute Gasteiger partial charge is 0.334 e. The standard InChI is InChI=1S/C9H12N4O3S/c14-9(13-8-10-3-1-4-11-8)12-7-2-5-17(15,16)6-7/h1,3-4,7H,2,5-6H2,(H2,10,11,12,13,14)/t7-/m0/s1. The van der Waals surface area contributed by atoms with Crippen molar-refractivity contribution in [2.75, 3.05) is 16.8 Å². The van der Waals surface area contributed by atoms with Crippen LogP contribution in [0.5, 0.6) is 0 Å². The summed E-state index contributed by atoms with van der Waals surface area (Å²) in [7, 11) is -2.99. The van der Waals surface area contributed by atoms with Gasteiger partial charge in [-0.2, -0.15) is 0 Å². The van der Waals surface area contributed by atoms with Gasteiger partial charge in [0.2, 0.25) is 5.95 Å². The molecule has 0 saturated carbocycles. The fraction of sp³-hybridized carbons (Fsp3) is 0.444. The molecule has 2 amide bonds. The minimum atomic E-state index is -2.99. The van der Waals surface area contributed by atoms with E-state index in [4.69, 9.17) is 0 Å². The normalized spacial score (nSPS) is 22.0. The molecule has 0 spiro atoms. The Hall–Kier alpha value is -1.70. The Bertz CT molecular complexity index is 502. The maximum Gasteiger partial charge on any atom is 0.321 e. The van der Waals surface area contributed by atoms with Crippen LogP contribution in [0.4, 0.5) is 10.7 Å². The highest BCUT2D eigenvalue weighted by atomic mass is 32.2. The molecular formula is C9H12N4O3S. The molecule has 1 aromatic heterocycles. The average molecular weight is 256 g/mol. The highest BCUT2D eigenvalue weighted by Gasteiger charge is 2.28. The molecule has 8 heteroatoms. The van der Waals surface area contributed by atoms with Crippen molar-refractivity contribution in [3.63, 3.8) is 0 Å². The molecule has 1 aromatic rings. The quantitative estimate of drug-likeness (QED) is 0.762. The van der Waals surface area contributed by atoms with Crippen molar-refractivity contribution in [2.45, 2.75) is 12.5 Å². The first-order chi connectivity index (χ1) is 8.05. The third kappa shape index (κ3) is 3.38. The Morgan fingerprint density at radius 1 is 1.35 bits per heavy atom. The number of hydrogen-bond donors (Lipinski definition) is 2. The third-order valence-corrected chi connectivity index (χ3v) is 4.13. The van der Waals surface area contributed by atoms with Crippen LogP contribution in [-0.2, 0) is 9.84 Å². The lowest BCUT2D eigenvalue weighted by Crippen LogP contribution is -2.38. The fourth-order valence-corrected chi connectivity index (χ4v) is 3.27. The number of hydrogen-bond acceptors (Lipinski definition) is 5. The summed E-state index contributed by atoms with van der Waals surface area (Å²) in [6, 6.07) is 0.814. The molecule has 0 radical (unpaired) electrons. The number of rotatable bonds is 2. The first kappa shape index (κ1) is 11.8. The van der Waals surface area contributed by atoms with Crippen molar-refractivity contribution in [3.8, 4) is 0 Å². The van der Waals surface area contributed by atoms with Crippen LogP contribution in [0.15, 0.2) is 18.5 Å². The van der Waals surface area contributed by atoms with Crippen LogP contribution in [0.2, 0.25) is 0 Å². The van der Waals surface area contributed by atoms with E-state index in [1.807, 2.05) is 0 Å². The summed E-state index contributed by atoms with van der Waals surface area (Å²) in [6.45, 7) is 0. The minimum Gasteiger partial charge on any atom is -0.334 e. The van der Waals surface area contributed by atoms with E-state index in [0.717, 1.165) is 0 Å². The fourth-order valence-electron chi connectivity index (χ4n) is 1.60. The van der Waals surface area contributed by atoms with Gasteiger partial charge in [0.25, 0.3) is 0 Å². The monoisotopic (exact) mass is 256 g/mol. The van der Waals surface area contributed by atoms with Crippen molar-refractivity contribution in [3.05, 3.63) is 18.5 Å². The van der Waals surface area contributed by atoms with Crippen LogP contribution in [0.3, 0.4) is 0 Å². The summed E-state index contributed by atoms with van der Waals surface area (Å²) in [5, 5.41) is 5.00. The molecule has 1 fully saturated rings. The Balaban J connectivity index is 1.87. The highest BCUT2D eigenvalue weighted by Crippen LogP contribution is 2.11. The number of carbonyl (C=O) groups excluding carboxylic acids is 1. The summed E-state index contributed by atoms with van der Waals surface area (Å²) >= 11 is 0. The molecule has 7 nitrogen and oxygen atoms in total. The van der Waals surface area contributed by atoms with E-state index in [0.29, 0.717) is 6.42 Å². The number of nitrogens with one attached hydrogen (secondary N) is 2. The molecule has 1 aliphatic heterocycles. The molecule has 0 bridgehead atoms. The number of nitrogens with zero attached hydrogens (tertiary/aromatic N) is 2. The molecule has 1 aliphatic rings. The predicted octanol–water partition coefficient (Wildman–Crippen LogP) is -0.215. The smallest absolute Gasteiger partial charge is 0.321 e. The summed E-state index contributed by atoms with van der Waals surface area (Å²) in [5.41, 5.74) is 0. The zero-order valence-electron chi connectivity index (χ0n) is 8.96. The number of urea groups is 1. The van der Waals surface area contributed by atoms with Gasteiger partial charge in [0.15, 0.2) is 9.84 Å². The van der Waals surface area contributed by atoms with Crippen molar-refractivity contribution >= 4 is 21.8 Å². The zero-order chi connectivity index (χ0) is 12.3. The van der Waals surface area contributed by atoms with Crippen LogP contribution in [-0.4, -0.2) is 42.0 Å². The molecule has 92 valence electrons. The van der Waals surface area contributed by atoms with Gasteiger partial charge in [-0.25, -0.2) is 23.2 Å². The lowest BCUT2D eigenvalue weighted by atomic mass is 10.3. The van der Waals surface area contributed by atoms with Crippen molar-refractivity contribution in [2.24, 2.45) is 0 Å². The molecular weight excluding hydrogens is 244 g/mol. The summed E-state index contributed by atoms with van der Waals surface area (Å²) < 4.78 is 22.4. The van der Waals surface area contributed by atoms with E-state index in [9.17, 15) is 13.2 Å². The second kappa shape index (κ2) is 4.66. The molecule has 0 aliphatic carbocycles. The second-order valence-corrected chi connectivity index (χ2v) is 6.00. The van der Waals surface area contributed by atoms with E-state index in [1.165, 1.54) is 12.4 Å². The molecule has 0 aromatic carbocycles. The Labute approximate surface area is 98.6 Å². The highest BCUT2D eigenvalue weighted by molar-refractivity contribution is 7.91. The number of amides is 2. The Morgan fingerprint density at radius 3 is 2.65 bits per heavy atom. The van der Waals surface area contributed by atoms with E-state index < -0.39 is 15.9 Å². The van der Waals surface area contributed by atoms with Gasteiger partial charge in [0.1, 0.15) is 0 Å². The number of anilines is 1. The summed E-state index contributed by atoms with van der Waals surface area (Å²) in [4.78, 5) is 19.1.